The van der Waals surface area contributed by atoms with E-state index in [1.807, 2.05) is 6.07 Å². The minimum absolute atomic E-state index is 0. The number of guanidine groups is 1. The van der Waals surface area contributed by atoms with Gasteiger partial charge in [0.2, 0.25) is 0 Å². The van der Waals surface area contributed by atoms with Crippen molar-refractivity contribution >= 4 is 29.9 Å². The fourth-order valence-corrected chi connectivity index (χ4v) is 2.38. The zero-order valence-corrected chi connectivity index (χ0v) is 13.5. The van der Waals surface area contributed by atoms with Gasteiger partial charge in [-0.1, -0.05) is 30.3 Å². The van der Waals surface area contributed by atoms with Crippen LogP contribution in [0.15, 0.2) is 35.3 Å². The molecule has 1 aliphatic heterocycles. The van der Waals surface area contributed by atoms with E-state index in [1.54, 1.807) is 7.05 Å². The van der Waals surface area contributed by atoms with Crippen LogP contribution in [0.5, 0.6) is 0 Å². The minimum atomic E-state index is 0. The van der Waals surface area contributed by atoms with Crippen molar-refractivity contribution in [1.82, 2.24) is 5.32 Å². The number of hydrogen-bond donors (Lipinski definition) is 2. The van der Waals surface area contributed by atoms with Crippen molar-refractivity contribution in [2.24, 2.45) is 16.6 Å². The molecule has 2 unspecified atom stereocenters. The van der Waals surface area contributed by atoms with Crippen LogP contribution >= 0.6 is 24.0 Å². The van der Waals surface area contributed by atoms with Crippen LogP contribution in [-0.2, 0) is 4.74 Å². The third-order valence-corrected chi connectivity index (χ3v) is 3.36. The third kappa shape index (κ3) is 4.65. The first-order valence-corrected chi connectivity index (χ1v) is 6.44. The Balaban J connectivity index is 0.00000180. The molecule has 0 amide bonds. The lowest BCUT2D eigenvalue weighted by Gasteiger charge is -2.32. The number of nitrogens with two attached hydrogens (primary N) is 1. The second-order valence-electron chi connectivity index (χ2n) is 4.59. The Labute approximate surface area is 131 Å². The SMILES string of the molecule is CN=C(N)NCC1CCCOC1c1ccccc1.I. The minimum Gasteiger partial charge on any atom is -0.373 e. The van der Waals surface area contributed by atoms with Crippen LogP contribution in [0.4, 0.5) is 0 Å². The highest BCUT2D eigenvalue weighted by atomic mass is 127. The van der Waals surface area contributed by atoms with Crippen LogP contribution in [0, 0.1) is 5.92 Å². The molecule has 0 saturated carbocycles. The molecule has 0 bridgehead atoms. The molecule has 2 rings (SSSR count). The van der Waals surface area contributed by atoms with Gasteiger partial charge in [-0.2, -0.15) is 0 Å². The Morgan fingerprint density at radius 2 is 2.16 bits per heavy atom. The highest BCUT2D eigenvalue weighted by Gasteiger charge is 2.27. The highest BCUT2D eigenvalue weighted by molar-refractivity contribution is 14.0. The molecule has 1 fully saturated rings. The van der Waals surface area contributed by atoms with Crippen LogP contribution in [0.2, 0.25) is 0 Å². The molecule has 0 aromatic heterocycles. The molecule has 4 nitrogen and oxygen atoms in total. The number of benzene rings is 1. The van der Waals surface area contributed by atoms with Crippen molar-refractivity contribution in [2.45, 2.75) is 18.9 Å². The molecule has 2 atom stereocenters. The quantitative estimate of drug-likeness (QED) is 0.484. The van der Waals surface area contributed by atoms with Gasteiger partial charge in [-0.25, -0.2) is 0 Å². The van der Waals surface area contributed by atoms with Gasteiger partial charge in [-0.3, -0.25) is 4.99 Å². The van der Waals surface area contributed by atoms with Gasteiger partial charge in [-0.05, 0) is 18.4 Å². The Bertz CT molecular complexity index is 397. The Kier molecular flexibility index (Phi) is 7.15. The zero-order chi connectivity index (χ0) is 12.8. The molecule has 0 aliphatic carbocycles. The monoisotopic (exact) mass is 375 g/mol. The molecule has 5 heteroatoms. The van der Waals surface area contributed by atoms with E-state index in [0.29, 0.717) is 11.9 Å². The topological polar surface area (TPSA) is 59.6 Å². The van der Waals surface area contributed by atoms with Gasteiger partial charge in [0.05, 0.1) is 6.10 Å². The predicted molar refractivity (Wildman–Crippen MR) is 88.8 cm³/mol. The van der Waals surface area contributed by atoms with E-state index in [1.165, 1.54) is 5.56 Å². The van der Waals surface area contributed by atoms with E-state index >= 15 is 0 Å². The summed E-state index contributed by atoms with van der Waals surface area (Å²) in [7, 11) is 1.69. The second-order valence-corrected chi connectivity index (χ2v) is 4.59. The Hall–Kier alpha value is -0.820. The number of aliphatic imine (C=N–C) groups is 1. The van der Waals surface area contributed by atoms with Gasteiger partial charge >= 0.3 is 0 Å². The fraction of sp³-hybridized carbons (Fsp3) is 0.500. The average molecular weight is 375 g/mol. The van der Waals surface area contributed by atoms with E-state index in [4.69, 9.17) is 10.5 Å². The van der Waals surface area contributed by atoms with Gasteiger partial charge < -0.3 is 15.8 Å². The second kappa shape index (κ2) is 8.37. The number of ether oxygens (including phenoxy) is 1. The van der Waals surface area contributed by atoms with Crippen molar-refractivity contribution in [3.63, 3.8) is 0 Å². The molecule has 1 saturated heterocycles. The molecule has 1 heterocycles. The number of nitrogens with zero attached hydrogens (tertiary/aromatic N) is 1. The molecule has 1 aromatic carbocycles. The summed E-state index contributed by atoms with van der Waals surface area (Å²) >= 11 is 0. The van der Waals surface area contributed by atoms with Crippen LogP contribution in [0.25, 0.3) is 0 Å². The molecule has 1 aliphatic rings. The molecule has 1 aromatic rings. The molecule has 0 radical (unpaired) electrons. The summed E-state index contributed by atoms with van der Waals surface area (Å²) in [6.45, 7) is 1.65. The molecule has 106 valence electrons. The van der Waals surface area contributed by atoms with Gasteiger partial charge in [0.15, 0.2) is 5.96 Å². The molecular weight excluding hydrogens is 353 g/mol. The average Bonchev–Trinajstić information content (AvgIpc) is 2.46. The van der Waals surface area contributed by atoms with Gasteiger partial charge in [-0.15, -0.1) is 24.0 Å². The maximum atomic E-state index is 5.92. The van der Waals surface area contributed by atoms with Crippen LogP contribution in [-0.4, -0.2) is 26.2 Å². The van der Waals surface area contributed by atoms with Crippen LogP contribution in [0.1, 0.15) is 24.5 Å². The van der Waals surface area contributed by atoms with E-state index < -0.39 is 0 Å². The van der Waals surface area contributed by atoms with E-state index in [9.17, 15) is 0 Å². The first-order valence-electron chi connectivity index (χ1n) is 6.44. The lowest BCUT2D eigenvalue weighted by Crippen LogP contribution is -2.38. The van der Waals surface area contributed by atoms with E-state index in [2.05, 4.69) is 34.6 Å². The first-order chi connectivity index (χ1) is 8.81. The highest BCUT2D eigenvalue weighted by Crippen LogP contribution is 2.32. The van der Waals surface area contributed by atoms with Gasteiger partial charge in [0, 0.05) is 26.1 Å². The van der Waals surface area contributed by atoms with Gasteiger partial charge in [0.25, 0.3) is 0 Å². The summed E-state index contributed by atoms with van der Waals surface area (Å²) in [6.07, 6.45) is 2.43. The van der Waals surface area contributed by atoms with Crippen molar-refractivity contribution in [2.75, 3.05) is 20.2 Å². The smallest absolute Gasteiger partial charge is 0.188 e. The summed E-state index contributed by atoms with van der Waals surface area (Å²) < 4.78 is 5.92. The normalized spacial score (nSPS) is 23.5. The van der Waals surface area contributed by atoms with Crippen molar-refractivity contribution < 1.29 is 4.74 Å². The van der Waals surface area contributed by atoms with Crippen molar-refractivity contribution in [3.8, 4) is 0 Å². The summed E-state index contributed by atoms with van der Waals surface area (Å²) in [5.74, 6) is 0.939. The van der Waals surface area contributed by atoms with Crippen LogP contribution in [0.3, 0.4) is 0 Å². The third-order valence-electron chi connectivity index (χ3n) is 3.36. The maximum Gasteiger partial charge on any atom is 0.188 e. The zero-order valence-electron chi connectivity index (χ0n) is 11.2. The number of hydrogen-bond acceptors (Lipinski definition) is 2. The van der Waals surface area contributed by atoms with E-state index in [-0.39, 0.29) is 30.1 Å². The Morgan fingerprint density at radius 3 is 2.84 bits per heavy atom. The summed E-state index contributed by atoms with van der Waals surface area (Å²) in [5.41, 5.74) is 6.92. The standard InChI is InChI=1S/C14H21N3O.HI/c1-16-14(15)17-10-12-8-5-9-18-13(12)11-6-3-2-4-7-11;/h2-4,6-7,12-13H,5,8-10H2,1H3,(H3,15,16,17);1H. The summed E-state index contributed by atoms with van der Waals surface area (Å²) in [4.78, 5) is 3.91. The maximum absolute atomic E-state index is 5.92. The first kappa shape index (κ1) is 16.2. The summed E-state index contributed by atoms with van der Waals surface area (Å²) in [5, 5.41) is 3.15. The van der Waals surface area contributed by atoms with Gasteiger partial charge in [0.1, 0.15) is 0 Å². The number of nitrogens with one attached hydrogen (secondary N) is 1. The number of halogens is 1. The van der Waals surface area contributed by atoms with Crippen LogP contribution < -0.4 is 11.1 Å². The lowest BCUT2D eigenvalue weighted by molar-refractivity contribution is -0.0265. The summed E-state index contributed by atoms with van der Waals surface area (Å²) in [6, 6.07) is 10.4. The van der Waals surface area contributed by atoms with E-state index in [0.717, 1.165) is 26.0 Å². The van der Waals surface area contributed by atoms with Crippen molar-refractivity contribution in [3.05, 3.63) is 35.9 Å². The predicted octanol–water partition coefficient (Wildman–Crippen LogP) is 2.31. The number of rotatable bonds is 3. The molecular formula is C14H22IN3O. The molecule has 3 N–H and O–H groups in total. The lowest BCUT2D eigenvalue weighted by atomic mass is 9.89. The largest absolute Gasteiger partial charge is 0.373 e. The molecule has 0 spiro atoms. The van der Waals surface area contributed by atoms with Crippen molar-refractivity contribution in [1.29, 1.82) is 0 Å². The fourth-order valence-electron chi connectivity index (χ4n) is 2.38. The Morgan fingerprint density at radius 1 is 1.42 bits per heavy atom. The molecule has 19 heavy (non-hydrogen) atoms.